The molecule has 0 fully saturated rings. The average Bonchev–Trinajstić information content (AvgIpc) is 2.60. The lowest BCUT2D eigenvalue weighted by Gasteiger charge is -2.12. The summed E-state index contributed by atoms with van der Waals surface area (Å²) in [5.41, 5.74) is -3.94. The fourth-order valence-corrected chi connectivity index (χ4v) is 3.60. The van der Waals surface area contributed by atoms with E-state index in [4.69, 9.17) is 0 Å². The van der Waals surface area contributed by atoms with Crippen molar-refractivity contribution in [2.75, 3.05) is 0 Å². The smallest absolute Gasteiger partial charge is 0.338 e. The van der Waals surface area contributed by atoms with Crippen molar-refractivity contribution in [2.24, 2.45) is 0 Å². The summed E-state index contributed by atoms with van der Waals surface area (Å²) in [6.07, 6.45) is 0. The predicted octanol–water partition coefficient (Wildman–Crippen LogP) is 1.54. The van der Waals surface area contributed by atoms with Crippen LogP contribution >= 0.6 is 7.37 Å². The van der Waals surface area contributed by atoms with E-state index in [-0.39, 0.29) is 0 Å². The maximum atomic E-state index is 12.7. The zero-order valence-electron chi connectivity index (χ0n) is 12.8. The molecule has 0 atom stereocenters. The van der Waals surface area contributed by atoms with Gasteiger partial charge in [0.05, 0.1) is 19.7 Å². The second-order valence-corrected chi connectivity index (χ2v) is 7.14. The lowest BCUT2D eigenvalue weighted by Crippen LogP contribution is -2.17. The molecule has 0 heterocycles. The number of nitro groups is 4. The summed E-state index contributed by atoms with van der Waals surface area (Å²) in [7, 11) is -4.68. The average molecular weight is 398 g/mol. The molecule has 0 spiro atoms. The van der Waals surface area contributed by atoms with Crippen molar-refractivity contribution >= 4 is 40.7 Å². The summed E-state index contributed by atoms with van der Waals surface area (Å²) in [5, 5.41) is 42.3. The summed E-state index contributed by atoms with van der Waals surface area (Å²) < 4.78 is 12.7. The minimum Gasteiger partial charge on any atom is -0.338 e. The molecule has 0 radical (unpaired) electrons. The Balaban J connectivity index is 2.67. The fraction of sp³-hybridized carbons (Fsp3) is 0. The maximum absolute atomic E-state index is 12.7. The quantitative estimate of drug-likeness (QED) is 0.421. The highest BCUT2D eigenvalue weighted by atomic mass is 31.2. The van der Waals surface area contributed by atoms with Crippen LogP contribution in [0.3, 0.4) is 0 Å². The van der Waals surface area contributed by atoms with E-state index in [0.29, 0.717) is 24.3 Å². The van der Waals surface area contributed by atoms with Crippen molar-refractivity contribution in [2.45, 2.75) is 0 Å². The molecule has 27 heavy (non-hydrogen) atoms. The number of nitro benzene ring substituents is 4. The molecule has 2 aromatic rings. The summed E-state index contributed by atoms with van der Waals surface area (Å²) in [5.74, 6) is 0. The summed E-state index contributed by atoms with van der Waals surface area (Å²) >= 11 is 0. The third-order valence-corrected chi connectivity index (χ3v) is 5.36. The van der Waals surface area contributed by atoms with E-state index in [0.717, 1.165) is 12.1 Å². The minimum absolute atomic E-state index is 0.506. The second kappa shape index (κ2) is 6.86. The Bertz CT molecular complexity index is 973. The lowest BCUT2D eigenvalue weighted by molar-refractivity contribution is -0.422. The van der Waals surface area contributed by atoms with Gasteiger partial charge >= 0.3 is 22.7 Å². The molecule has 140 valence electrons. The molecule has 0 amide bonds. The van der Waals surface area contributed by atoms with Crippen molar-refractivity contribution in [3.05, 3.63) is 76.9 Å². The third-order valence-electron chi connectivity index (χ3n) is 3.40. The van der Waals surface area contributed by atoms with Crippen molar-refractivity contribution in [3.8, 4) is 0 Å². The van der Waals surface area contributed by atoms with E-state index >= 15 is 0 Å². The van der Waals surface area contributed by atoms with Gasteiger partial charge < -0.3 is 4.89 Å². The van der Waals surface area contributed by atoms with Gasteiger partial charge in [0.2, 0.25) is 0 Å². The summed E-state index contributed by atoms with van der Waals surface area (Å²) in [6, 6.07) is 3.89. The van der Waals surface area contributed by atoms with Crippen LogP contribution < -0.4 is 10.6 Å². The van der Waals surface area contributed by atoms with Gasteiger partial charge in [0, 0.05) is 34.9 Å². The number of nitrogens with zero attached hydrogens (tertiary/aromatic N) is 4. The molecule has 2 rings (SSSR count). The van der Waals surface area contributed by atoms with E-state index in [9.17, 15) is 49.9 Å². The number of hydrogen-bond donors (Lipinski definition) is 1. The van der Waals surface area contributed by atoms with Gasteiger partial charge in [-0.3, -0.25) is 45.0 Å². The molecule has 0 bridgehead atoms. The van der Waals surface area contributed by atoms with Crippen LogP contribution in [-0.4, -0.2) is 24.6 Å². The summed E-state index contributed by atoms with van der Waals surface area (Å²) in [4.78, 5) is 49.5. The molecule has 2 aromatic carbocycles. The first kappa shape index (κ1) is 19.6. The first-order valence-corrected chi connectivity index (χ1v) is 8.32. The summed E-state index contributed by atoms with van der Waals surface area (Å²) in [6.45, 7) is 0. The van der Waals surface area contributed by atoms with Crippen LogP contribution in [0.25, 0.3) is 0 Å². The molecule has 0 aromatic heterocycles. The molecular formula is C12H7N4O10P. The van der Waals surface area contributed by atoms with Gasteiger partial charge in [0.1, 0.15) is 0 Å². The van der Waals surface area contributed by atoms with E-state index in [1.165, 1.54) is 0 Å². The van der Waals surface area contributed by atoms with Crippen LogP contribution in [-0.2, 0) is 4.57 Å². The second-order valence-electron chi connectivity index (χ2n) is 4.95. The van der Waals surface area contributed by atoms with Crippen LogP contribution in [0, 0.1) is 40.5 Å². The Morgan fingerprint density at radius 3 is 1.19 bits per heavy atom. The predicted molar refractivity (Wildman–Crippen MR) is 88.6 cm³/mol. The molecule has 15 heteroatoms. The highest BCUT2D eigenvalue weighted by Crippen LogP contribution is 2.42. The van der Waals surface area contributed by atoms with Gasteiger partial charge in [-0.05, 0) is 12.1 Å². The highest BCUT2D eigenvalue weighted by Gasteiger charge is 2.34. The molecule has 0 saturated heterocycles. The first-order chi connectivity index (χ1) is 12.5. The zero-order chi connectivity index (χ0) is 20.5. The third kappa shape index (κ3) is 3.61. The molecule has 0 unspecified atom stereocenters. The van der Waals surface area contributed by atoms with Gasteiger partial charge in [0.15, 0.2) is 0 Å². The van der Waals surface area contributed by atoms with Gasteiger partial charge in [-0.2, -0.15) is 0 Å². The Morgan fingerprint density at radius 2 is 0.926 bits per heavy atom. The van der Waals surface area contributed by atoms with E-state index in [1.54, 1.807) is 0 Å². The van der Waals surface area contributed by atoms with Gasteiger partial charge in [-0.15, -0.1) is 0 Å². The normalized spacial score (nSPS) is 11.0. The monoisotopic (exact) mass is 398 g/mol. The standard InChI is InChI=1S/C12H7N4O10P/c17-13(18)9-3-1-7(5-11(9)15(21)22)27(25,26)8-2-4-10(14(19)20)12(6-8)16(23)24/h1-6H,(H,25,26). The van der Waals surface area contributed by atoms with Gasteiger partial charge in [-0.1, -0.05) is 0 Å². The van der Waals surface area contributed by atoms with Crippen LogP contribution in [0.2, 0.25) is 0 Å². The van der Waals surface area contributed by atoms with Crippen LogP contribution in [0.15, 0.2) is 36.4 Å². The van der Waals surface area contributed by atoms with Crippen LogP contribution in [0.5, 0.6) is 0 Å². The molecule has 1 N–H and O–H groups in total. The fourth-order valence-electron chi connectivity index (χ4n) is 2.15. The maximum Gasteiger partial charge on any atom is 0.346 e. The highest BCUT2D eigenvalue weighted by molar-refractivity contribution is 7.73. The van der Waals surface area contributed by atoms with Gasteiger partial charge in [0.25, 0.3) is 7.37 Å². The minimum atomic E-state index is -4.68. The molecule has 0 aliphatic rings. The van der Waals surface area contributed by atoms with E-state index in [1.807, 2.05) is 0 Å². The Kier molecular flexibility index (Phi) is 4.96. The Labute approximate surface area is 147 Å². The van der Waals surface area contributed by atoms with Crippen molar-refractivity contribution in [1.82, 2.24) is 0 Å². The topological polar surface area (TPSA) is 210 Å². The van der Waals surface area contributed by atoms with Gasteiger partial charge in [-0.25, -0.2) is 0 Å². The molecular weight excluding hydrogens is 391 g/mol. The molecule has 14 nitrogen and oxygen atoms in total. The Hall–Kier alpha value is -3.77. The van der Waals surface area contributed by atoms with Crippen molar-refractivity contribution in [1.29, 1.82) is 0 Å². The molecule has 0 aliphatic carbocycles. The first-order valence-electron chi connectivity index (χ1n) is 6.66. The number of rotatable bonds is 6. The Morgan fingerprint density at radius 1 is 0.630 bits per heavy atom. The van der Waals surface area contributed by atoms with Crippen molar-refractivity contribution < 1.29 is 29.2 Å². The zero-order valence-corrected chi connectivity index (χ0v) is 13.7. The lowest BCUT2D eigenvalue weighted by atomic mass is 10.3. The largest absolute Gasteiger partial charge is 0.346 e. The van der Waals surface area contributed by atoms with Crippen molar-refractivity contribution in [3.63, 3.8) is 0 Å². The molecule has 0 aliphatic heterocycles. The number of benzene rings is 2. The van der Waals surface area contributed by atoms with E-state index in [2.05, 4.69) is 0 Å². The van der Waals surface area contributed by atoms with Crippen LogP contribution in [0.1, 0.15) is 0 Å². The SMILES string of the molecule is O=[N+]([O-])c1ccc(P(=O)(O)c2ccc([N+](=O)[O-])c([N+](=O)[O-])c2)cc1[N+](=O)[O-]. The van der Waals surface area contributed by atoms with E-state index < -0.39 is 60.4 Å². The van der Waals surface area contributed by atoms with Crippen LogP contribution in [0.4, 0.5) is 22.7 Å². The number of hydrogen-bond acceptors (Lipinski definition) is 9. The molecule has 0 saturated carbocycles.